The number of aliphatic hydroxyl groups is 1. The summed E-state index contributed by atoms with van der Waals surface area (Å²) in [7, 11) is 0. The molecule has 17 heavy (non-hydrogen) atoms. The van der Waals surface area contributed by atoms with Crippen molar-refractivity contribution >= 4 is 22.5 Å². The smallest absolute Gasteiger partial charge is 0.265 e. The van der Waals surface area contributed by atoms with Crippen molar-refractivity contribution in [3.63, 3.8) is 0 Å². The number of hydrogen-bond donors (Lipinski definition) is 1. The summed E-state index contributed by atoms with van der Waals surface area (Å²) in [6, 6.07) is 4.16. The molecule has 2 aromatic rings. The van der Waals surface area contributed by atoms with E-state index in [2.05, 4.69) is 4.98 Å². The Morgan fingerprint density at radius 1 is 1.59 bits per heavy atom. The minimum Gasteiger partial charge on any atom is -0.392 e. The Bertz CT molecular complexity index is 625. The fourth-order valence-corrected chi connectivity index (χ4v) is 1.86. The van der Waals surface area contributed by atoms with Crippen LogP contribution in [0, 0.1) is 5.82 Å². The lowest BCUT2D eigenvalue weighted by Gasteiger charge is -2.10. The Balaban J connectivity index is 2.79. The molecule has 0 aliphatic heterocycles. The minimum absolute atomic E-state index is 0.0189. The normalized spacial score (nSPS) is 12.9. The standard InChI is InChI=1S/C11H10ClFN2O2/c1-6(16)5-15-10(17)9-7(13)3-2-4-8(9)14-11(15)12/h2-4,6,16H,5H2,1H3. The molecule has 0 saturated carbocycles. The van der Waals surface area contributed by atoms with Gasteiger partial charge < -0.3 is 5.11 Å². The van der Waals surface area contributed by atoms with Crippen molar-refractivity contribution in [2.24, 2.45) is 0 Å². The number of rotatable bonds is 2. The van der Waals surface area contributed by atoms with E-state index in [0.717, 1.165) is 4.57 Å². The zero-order valence-corrected chi connectivity index (χ0v) is 9.78. The van der Waals surface area contributed by atoms with Crippen molar-refractivity contribution in [2.75, 3.05) is 0 Å². The predicted octanol–water partition coefficient (Wildman–Crippen LogP) is 1.57. The molecule has 1 N–H and O–H groups in total. The van der Waals surface area contributed by atoms with Gasteiger partial charge in [0.1, 0.15) is 11.2 Å². The van der Waals surface area contributed by atoms with E-state index in [4.69, 9.17) is 11.6 Å². The van der Waals surface area contributed by atoms with Crippen molar-refractivity contribution in [2.45, 2.75) is 19.6 Å². The van der Waals surface area contributed by atoms with Gasteiger partial charge in [0.05, 0.1) is 18.2 Å². The average molecular weight is 257 g/mol. The lowest BCUT2D eigenvalue weighted by Crippen LogP contribution is -2.27. The summed E-state index contributed by atoms with van der Waals surface area (Å²) in [6.45, 7) is 1.49. The maximum atomic E-state index is 13.5. The fourth-order valence-electron chi connectivity index (χ4n) is 1.62. The van der Waals surface area contributed by atoms with Crippen LogP contribution in [-0.4, -0.2) is 20.8 Å². The number of aromatic nitrogens is 2. The van der Waals surface area contributed by atoms with Crippen LogP contribution < -0.4 is 5.56 Å². The van der Waals surface area contributed by atoms with Gasteiger partial charge in [-0.15, -0.1) is 0 Å². The molecular weight excluding hydrogens is 247 g/mol. The van der Waals surface area contributed by atoms with Crippen LogP contribution in [0.2, 0.25) is 5.28 Å². The fraction of sp³-hybridized carbons (Fsp3) is 0.273. The van der Waals surface area contributed by atoms with E-state index in [9.17, 15) is 14.3 Å². The van der Waals surface area contributed by atoms with Crippen LogP contribution in [0.1, 0.15) is 6.92 Å². The molecule has 4 nitrogen and oxygen atoms in total. The monoisotopic (exact) mass is 256 g/mol. The Morgan fingerprint density at radius 3 is 2.94 bits per heavy atom. The molecule has 1 aromatic heterocycles. The number of aliphatic hydroxyl groups excluding tert-OH is 1. The number of halogens is 2. The summed E-state index contributed by atoms with van der Waals surface area (Å²) in [5.74, 6) is -0.643. The van der Waals surface area contributed by atoms with E-state index in [1.165, 1.54) is 25.1 Å². The highest BCUT2D eigenvalue weighted by molar-refractivity contribution is 6.28. The first-order valence-corrected chi connectivity index (χ1v) is 5.41. The topological polar surface area (TPSA) is 55.1 Å². The first kappa shape index (κ1) is 12.0. The SMILES string of the molecule is CC(O)Cn1c(Cl)nc2cccc(F)c2c1=O. The molecule has 0 spiro atoms. The van der Waals surface area contributed by atoms with Gasteiger partial charge in [0.25, 0.3) is 5.56 Å². The van der Waals surface area contributed by atoms with E-state index < -0.39 is 17.5 Å². The van der Waals surface area contributed by atoms with Gasteiger partial charge in [-0.3, -0.25) is 9.36 Å². The highest BCUT2D eigenvalue weighted by atomic mass is 35.5. The van der Waals surface area contributed by atoms with Gasteiger partial charge in [-0.2, -0.15) is 0 Å². The number of fused-ring (bicyclic) bond motifs is 1. The van der Waals surface area contributed by atoms with Crippen LogP contribution in [0.4, 0.5) is 4.39 Å². The second-order valence-corrected chi connectivity index (χ2v) is 4.12. The zero-order valence-electron chi connectivity index (χ0n) is 9.02. The van der Waals surface area contributed by atoms with E-state index in [1.807, 2.05) is 0 Å². The number of benzene rings is 1. The molecule has 0 fully saturated rings. The third kappa shape index (κ3) is 2.16. The molecule has 0 saturated heterocycles. The van der Waals surface area contributed by atoms with E-state index in [0.29, 0.717) is 0 Å². The predicted molar refractivity (Wildman–Crippen MR) is 62.7 cm³/mol. The van der Waals surface area contributed by atoms with Crippen LogP contribution >= 0.6 is 11.6 Å². The molecule has 0 bridgehead atoms. The second kappa shape index (κ2) is 4.43. The summed E-state index contributed by atoms with van der Waals surface area (Å²) in [5, 5.41) is 9.08. The highest BCUT2D eigenvalue weighted by Gasteiger charge is 2.13. The van der Waals surface area contributed by atoms with Gasteiger partial charge in [0.15, 0.2) is 0 Å². The number of hydrogen-bond acceptors (Lipinski definition) is 3. The quantitative estimate of drug-likeness (QED) is 0.830. The van der Waals surface area contributed by atoms with E-state index in [-0.39, 0.29) is 22.7 Å². The maximum Gasteiger partial charge on any atom is 0.265 e. The molecule has 6 heteroatoms. The summed E-state index contributed by atoms with van der Waals surface area (Å²) >= 11 is 5.82. The highest BCUT2D eigenvalue weighted by Crippen LogP contribution is 2.14. The minimum atomic E-state index is -0.767. The van der Waals surface area contributed by atoms with Crippen molar-refractivity contribution in [1.82, 2.24) is 9.55 Å². The maximum absolute atomic E-state index is 13.5. The van der Waals surface area contributed by atoms with Crippen molar-refractivity contribution in [3.05, 3.63) is 39.7 Å². The molecule has 0 aliphatic rings. The van der Waals surface area contributed by atoms with Crippen LogP contribution in [0.25, 0.3) is 10.9 Å². The Labute approximate surface area is 101 Å². The van der Waals surface area contributed by atoms with E-state index in [1.54, 1.807) is 0 Å². The van der Waals surface area contributed by atoms with Crippen LogP contribution in [0.3, 0.4) is 0 Å². The van der Waals surface area contributed by atoms with Crippen LogP contribution in [0.5, 0.6) is 0 Å². The zero-order chi connectivity index (χ0) is 12.6. The Hall–Kier alpha value is -1.46. The van der Waals surface area contributed by atoms with Crippen LogP contribution in [0.15, 0.2) is 23.0 Å². The van der Waals surface area contributed by atoms with Crippen molar-refractivity contribution in [3.8, 4) is 0 Å². The van der Waals surface area contributed by atoms with Gasteiger partial charge in [-0.1, -0.05) is 6.07 Å². The largest absolute Gasteiger partial charge is 0.392 e. The lowest BCUT2D eigenvalue weighted by molar-refractivity contribution is 0.172. The number of nitrogens with zero attached hydrogens (tertiary/aromatic N) is 2. The Morgan fingerprint density at radius 2 is 2.29 bits per heavy atom. The average Bonchev–Trinajstić information content (AvgIpc) is 2.23. The Kier molecular flexibility index (Phi) is 3.13. The van der Waals surface area contributed by atoms with Gasteiger partial charge in [-0.25, -0.2) is 9.37 Å². The molecule has 1 aromatic carbocycles. The van der Waals surface area contributed by atoms with E-state index >= 15 is 0 Å². The molecular formula is C11H10ClFN2O2. The third-order valence-corrected chi connectivity index (χ3v) is 2.62. The molecule has 0 radical (unpaired) electrons. The molecule has 0 amide bonds. The summed E-state index contributed by atoms with van der Waals surface area (Å²) in [5.41, 5.74) is -0.374. The van der Waals surface area contributed by atoms with Crippen LogP contribution in [-0.2, 0) is 6.54 Å². The molecule has 1 heterocycles. The molecule has 2 rings (SSSR count). The summed E-state index contributed by atoms with van der Waals surface area (Å²) < 4.78 is 14.6. The van der Waals surface area contributed by atoms with Gasteiger partial charge in [0, 0.05) is 0 Å². The lowest BCUT2D eigenvalue weighted by atomic mass is 10.2. The van der Waals surface area contributed by atoms with Gasteiger partial charge in [0.2, 0.25) is 5.28 Å². The van der Waals surface area contributed by atoms with Crippen molar-refractivity contribution < 1.29 is 9.50 Å². The first-order chi connectivity index (χ1) is 8.00. The van der Waals surface area contributed by atoms with Gasteiger partial charge >= 0.3 is 0 Å². The van der Waals surface area contributed by atoms with Crippen molar-refractivity contribution in [1.29, 1.82) is 0 Å². The summed E-state index contributed by atoms with van der Waals surface area (Å²) in [6.07, 6.45) is -0.767. The first-order valence-electron chi connectivity index (χ1n) is 5.03. The molecule has 90 valence electrons. The molecule has 1 atom stereocenters. The second-order valence-electron chi connectivity index (χ2n) is 3.78. The summed E-state index contributed by atoms with van der Waals surface area (Å²) in [4.78, 5) is 15.9. The molecule has 1 unspecified atom stereocenters. The third-order valence-electron chi connectivity index (χ3n) is 2.33. The van der Waals surface area contributed by atoms with Gasteiger partial charge in [-0.05, 0) is 30.7 Å². The molecule has 0 aliphatic carbocycles.